The van der Waals surface area contributed by atoms with E-state index in [2.05, 4.69) is 9.71 Å². The van der Waals surface area contributed by atoms with Crippen LogP contribution in [0.2, 0.25) is 0 Å². The summed E-state index contributed by atoms with van der Waals surface area (Å²) in [6.45, 7) is 0. The molecule has 1 aromatic carbocycles. The summed E-state index contributed by atoms with van der Waals surface area (Å²) in [5.74, 6) is -1.67. The Labute approximate surface area is 124 Å². The van der Waals surface area contributed by atoms with Gasteiger partial charge in [-0.15, -0.1) is 11.3 Å². The molecule has 0 aliphatic heterocycles. The second kappa shape index (κ2) is 5.90. The van der Waals surface area contributed by atoms with Gasteiger partial charge in [0.15, 0.2) is 5.69 Å². The number of sulfonamides is 1. The Morgan fingerprint density at radius 2 is 2.24 bits per heavy atom. The molecule has 1 heterocycles. The first-order chi connectivity index (χ1) is 9.91. The van der Waals surface area contributed by atoms with Crippen molar-refractivity contribution in [1.29, 1.82) is 5.26 Å². The molecule has 0 aliphatic carbocycles. The molecule has 2 N–H and O–H groups in total. The molecule has 2 rings (SSSR count). The van der Waals surface area contributed by atoms with E-state index in [-0.39, 0.29) is 16.4 Å². The summed E-state index contributed by atoms with van der Waals surface area (Å²) in [5, 5.41) is 17.6. The van der Waals surface area contributed by atoms with Gasteiger partial charge >= 0.3 is 5.97 Å². The third kappa shape index (κ3) is 3.77. The van der Waals surface area contributed by atoms with Crippen LogP contribution in [0.15, 0.2) is 29.8 Å². The zero-order valence-corrected chi connectivity index (χ0v) is 12.1. The molecule has 0 saturated heterocycles. The summed E-state index contributed by atoms with van der Waals surface area (Å²) >= 11 is 0.888. The molecule has 0 unspecified atom stereocenters. The number of carboxylic acid groups (broad SMARTS) is 1. The first-order valence-electron chi connectivity index (χ1n) is 5.57. The van der Waals surface area contributed by atoms with Crippen LogP contribution in [-0.4, -0.2) is 24.5 Å². The Morgan fingerprint density at radius 1 is 1.48 bits per heavy atom. The van der Waals surface area contributed by atoms with Gasteiger partial charge in [-0.25, -0.2) is 18.2 Å². The van der Waals surface area contributed by atoms with E-state index in [1.54, 1.807) is 18.2 Å². The highest BCUT2D eigenvalue weighted by Gasteiger charge is 2.19. The number of rotatable bonds is 5. The summed E-state index contributed by atoms with van der Waals surface area (Å²) in [7, 11) is -3.79. The number of hydrogen-bond donors (Lipinski definition) is 2. The van der Waals surface area contributed by atoms with Crippen molar-refractivity contribution in [3.63, 3.8) is 0 Å². The molecule has 0 spiro atoms. The fraction of sp³-hybridized carbons (Fsp3) is 0.0833. The van der Waals surface area contributed by atoms with Crippen LogP contribution in [0.3, 0.4) is 0 Å². The minimum absolute atomic E-state index is 0.0427. The van der Waals surface area contributed by atoms with E-state index in [4.69, 9.17) is 10.4 Å². The Balaban J connectivity index is 2.21. The predicted molar refractivity (Wildman–Crippen MR) is 76.5 cm³/mol. The number of aromatic nitrogens is 1. The number of carbonyl (C=O) groups is 1. The van der Waals surface area contributed by atoms with E-state index in [0.717, 1.165) is 11.3 Å². The van der Waals surface area contributed by atoms with Crippen LogP contribution in [0.5, 0.6) is 0 Å². The van der Waals surface area contributed by atoms with Crippen molar-refractivity contribution in [3.8, 4) is 6.07 Å². The van der Waals surface area contributed by atoms with Crippen molar-refractivity contribution in [2.45, 2.75) is 5.75 Å². The number of thiazole rings is 1. The summed E-state index contributed by atoms with van der Waals surface area (Å²) in [4.78, 5) is 14.5. The van der Waals surface area contributed by atoms with Gasteiger partial charge in [-0.1, -0.05) is 12.1 Å². The summed E-state index contributed by atoms with van der Waals surface area (Å²) < 4.78 is 26.3. The van der Waals surface area contributed by atoms with Crippen molar-refractivity contribution in [2.24, 2.45) is 0 Å². The average molecular weight is 323 g/mol. The maximum Gasteiger partial charge on any atom is 0.357 e. The zero-order chi connectivity index (χ0) is 15.5. The van der Waals surface area contributed by atoms with E-state index in [9.17, 15) is 13.2 Å². The van der Waals surface area contributed by atoms with Crippen molar-refractivity contribution < 1.29 is 18.3 Å². The van der Waals surface area contributed by atoms with Gasteiger partial charge in [-0.05, 0) is 17.7 Å². The van der Waals surface area contributed by atoms with Crippen LogP contribution >= 0.6 is 11.3 Å². The lowest BCUT2D eigenvalue weighted by atomic mass is 10.2. The number of anilines is 1. The van der Waals surface area contributed by atoms with Gasteiger partial charge in [-0.3, -0.25) is 4.72 Å². The summed E-state index contributed by atoms with van der Waals surface area (Å²) in [6.07, 6.45) is 0. The monoisotopic (exact) mass is 323 g/mol. The molecule has 0 fully saturated rings. The second-order valence-electron chi connectivity index (χ2n) is 4.01. The third-order valence-corrected chi connectivity index (χ3v) is 4.53. The number of hydrogen-bond acceptors (Lipinski definition) is 6. The smallest absolute Gasteiger partial charge is 0.357 e. The van der Waals surface area contributed by atoms with E-state index in [1.807, 2.05) is 6.07 Å². The Hall–Kier alpha value is -2.44. The molecule has 108 valence electrons. The Morgan fingerprint density at radius 3 is 2.90 bits per heavy atom. The Bertz CT molecular complexity index is 821. The van der Waals surface area contributed by atoms with Crippen molar-refractivity contribution in [3.05, 3.63) is 46.6 Å². The number of aromatic carboxylic acids is 1. The minimum atomic E-state index is -3.79. The number of nitriles is 1. The highest BCUT2D eigenvalue weighted by Crippen LogP contribution is 2.22. The molecular formula is C12H9N3O4S2. The lowest BCUT2D eigenvalue weighted by molar-refractivity contribution is 0.0692. The molecule has 2 aromatic rings. The van der Waals surface area contributed by atoms with E-state index in [1.165, 1.54) is 11.6 Å². The van der Waals surface area contributed by atoms with Crippen LogP contribution < -0.4 is 4.72 Å². The van der Waals surface area contributed by atoms with Crippen molar-refractivity contribution in [1.82, 2.24) is 4.98 Å². The lowest BCUT2D eigenvalue weighted by Crippen LogP contribution is -2.16. The Kier molecular flexibility index (Phi) is 4.21. The molecule has 0 atom stereocenters. The van der Waals surface area contributed by atoms with Gasteiger partial charge in [0.2, 0.25) is 10.0 Å². The normalized spacial score (nSPS) is 10.8. The van der Waals surface area contributed by atoms with Crippen LogP contribution in [-0.2, 0) is 15.8 Å². The number of nitrogens with zero attached hydrogens (tertiary/aromatic N) is 2. The molecule has 21 heavy (non-hydrogen) atoms. The molecule has 0 aliphatic rings. The average Bonchev–Trinajstić information content (AvgIpc) is 2.85. The largest absolute Gasteiger partial charge is 0.476 e. The fourth-order valence-corrected chi connectivity index (χ4v) is 3.76. The quantitative estimate of drug-likeness (QED) is 0.863. The van der Waals surface area contributed by atoms with E-state index < -0.39 is 16.0 Å². The topological polar surface area (TPSA) is 120 Å². The molecule has 0 radical (unpaired) electrons. The zero-order valence-electron chi connectivity index (χ0n) is 10.5. The maximum absolute atomic E-state index is 12.0. The number of benzene rings is 1. The third-order valence-electron chi connectivity index (χ3n) is 2.43. The van der Waals surface area contributed by atoms with Crippen molar-refractivity contribution in [2.75, 3.05) is 4.72 Å². The van der Waals surface area contributed by atoms with Gasteiger partial charge in [0.25, 0.3) is 0 Å². The van der Waals surface area contributed by atoms with Crippen molar-refractivity contribution >= 4 is 32.3 Å². The summed E-state index contributed by atoms with van der Waals surface area (Å²) in [6, 6.07) is 8.11. The summed E-state index contributed by atoms with van der Waals surface area (Å²) in [5.41, 5.74) is 1.70. The van der Waals surface area contributed by atoms with Gasteiger partial charge in [0.1, 0.15) is 5.00 Å². The minimum Gasteiger partial charge on any atom is -0.476 e. The number of carboxylic acids is 1. The first-order valence-corrected chi connectivity index (χ1v) is 8.11. The highest BCUT2D eigenvalue weighted by atomic mass is 32.2. The lowest BCUT2D eigenvalue weighted by Gasteiger charge is -2.06. The van der Waals surface area contributed by atoms with Crippen LogP contribution in [0.4, 0.5) is 5.00 Å². The van der Waals surface area contributed by atoms with Crippen LogP contribution in [0.1, 0.15) is 21.6 Å². The van der Waals surface area contributed by atoms with Crippen LogP contribution in [0.25, 0.3) is 0 Å². The predicted octanol–water partition coefficient (Wildman–Crippen LogP) is 1.65. The molecular weight excluding hydrogens is 314 g/mol. The van der Waals surface area contributed by atoms with E-state index >= 15 is 0 Å². The maximum atomic E-state index is 12.0. The standard InChI is InChI=1S/C12H9N3O4S2/c13-5-8-2-1-3-9(4-8)6-21(18,19)15-11-10(12(16)17)14-7-20-11/h1-4,7,15H,6H2,(H,16,17). The molecule has 9 heteroatoms. The van der Waals surface area contributed by atoms with E-state index in [0.29, 0.717) is 11.1 Å². The highest BCUT2D eigenvalue weighted by molar-refractivity contribution is 7.92. The molecule has 1 aromatic heterocycles. The SMILES string of the molecule is N#Cc1cccc(CS(=O)(=O)Nc2scnc2C(=O)O)c1. The number of nitrogens with one attached hydrogen (secondary N) is 1. The molecule has 0 bridgehead atoms. The molecule has 0 saturated carbocycles. The van der Waals surface area contributed by atoms with Gasteiger partial charge in [0.05, 0.1) is 22.9 Å². The van der Waals surface area contributed by atoms with Crippen LogP contribution in [0, 0.1) is 11.3 Å². The second-order valence-corrected chi connectivity index (χ2v) is 6.59. The first kappa shape index (κ1) is 15.0. The fourth-order valence-electron chi connectivity index (χ4n) is 1.60. The van der Waals surface area contributed by atoms with Gasteiger partial charge < -0.3 is 5.11 Å². The molecule has 0 amide bonds. The van der Waals surface area contributed by atoms with Gasteiger partial charge in [0, 0.05) is 0 Å². The molecule has 7 nitrogen and oxygen atoms in total. The van der Waals surface area contributed by atoms with Gasteiger partial charge in [-0.2, -0.15) is 5.26 Å².